The average Bonchev–Trinajstić information content (AvgIpc) is 2.51. The van der Waals surface area contributed by atoms with Crippen molar-refractivity contribution >= 4 is 23.2 Å². The molecule has 0 fully saturated rings. The number of nitrogens with one attached hydrogen (secondary N) is 2. The van der Waals surface area contributed by atoms with Gasteiger partial charge in [0.25, 0.3) is 5.91 Å². The van der Waals surface area contributed by atoms with Crippen molar-refractivity contribution in [3.63, 3.8) is 0 Å². The van der Waals surface area contributed by atoms with E-state index < -0.39 is 0 Å². The van der Waals surface area contributed by atoms with E-state index in [-0.39, 0.29) is 18.4 Å². The number of hydrogen-bond acceptors (Lipinski definition) is 3. The zero-order chi connectivity index (χ0) is 17.7. The third kappa shape index (κ3) is 4.84. The first-order valence-corrected chi connectivity index (χ1v) is 7.73. The Morgan fingerprint density at radius 3 is 2.38 bits per heavy atom. The van der Waals surface area contributed by atoms with Crippen LogP contribution in [0.3, 0.4) is 0 Å². The summed E-state index contributed by atoms with van der Waals surface area (Å²) in [5, 5.41) is 5.51. The molecule has 24 heavy (non-hydrogen) atoms. The van der Waals surface area contributed by atoms with Gasteiger partial charge in [-0.1, -0.05) is 18.2 Å². The molecule has 0 bridgehead atoms. The summed E-state index contributed by atoms with van der Waals surface area (Å²) in [5.41, 5.74) is 4.27. The van der Waals surface area contributed by atoms with E-state index in [1.807, 2.05) is 45.0 Å². The highest BCUT2D eigenvalue weighted by atomic mass is 16.5. The molecule has 0 saturated heterocycles. The molecule has 0 atom stereocenters. The molecule has 2 rings (SSSR count). The summed E-state index contributed by atoms with van der Waals surface area (Å²) in [5.74, 6) is 0.293. The molecule has 0 spiro atoms. The Balaban J connectivity index is 1.99. The highest BCUT2D eigenvalue weighted by Gasteiger charge is 2.08. The minimum atomic E-state index is -0.256. The second-order valence-electron chi connectivity index (χ2n) is 5.82. The first kappa shape index (κ1) is 17.5. The largest absolute Gasteiger partial charge is 0.483 e. The third-order valence-corrected chi connectivity index (χ3v) is 3.53. The Kier molecular flexibility index (Phi) is 5.58. The van der Waals surface area contributed by atoms with E-state index in [9.17, 15) is 9.59 Å². The van der Waals surface area contributed by atoms with Gasteiger partial charge in [0.2, 0.25) is 5.91 Å². The highest BCUT2D eigenvalue weighted by molar-refractivity contribution is 5.94. The van der Waals surface area contributed by atoms with Gasteiger partial charge in [-0.05, 0) is 55.7 Å². The third-order valence-electron chi connectivity index (χ3n) is 3.53. The summed E-state index contributed by atoms with van der Waals surface area (Å²) < 4.78 is 5.59. The first-order chi connectivity index (χ1) is 11.3. The zero-order valence-corrected chi connectivity index (χ0v) is 14.4. The van der Waals surface area contributed by atoms with Crippen LogP contribution >= 0.6 is 0 Å². The Labute approximate surface area is 142 Å². The lowest BCUT2D eigenvalue weighted by Gasteiger charge is -2.12. The van der Waals surface area contributed by atoms with Gasteiger partial charge in [-0.3, -0.25) is 9.59 Å². The Morgan fingerprint density at radius 2 is 1.67 bits per heavy atom. The molecule has 0 unspecified atom stereocenters. The fourth-order valence-electron chi connectivity index (χ4n) is 2.23. The lowest BCUT2D eigenvalue weighted by molar-refractivity contribution is -0.118. The van der Waals surface area contributed by atoms with Crippen molar-refractivity contribution in [3.05, 3.63) is 53.1 Å². The molecule has 126 valence electrons. The summed E-state index contributed by atoms with van der Waals surface area (Å²) in [6.07, 6.45) is 0. The van der Waals surface area contributed by atoms with Gasteiger partial charge in [-0.15, -0.1) is 0 Å². The van der Waals surface area contributed by atoms with Gasteiger partial charge in [0.15, 0.2) is 6.61 Å². The number of carbonyl (C=O) groups excluding carboxylic acids is 2. The highest BCUT2D eigenvalue weighted by Crippen LogP contribution is 2.21. The summed E-state index contributed by atoms with van der Waals surface area (Å²) in [6, 6.07) is 11.2. The zero-order valence-electron chi connectivity index (χ0n) is 14.4. The van der Waals surface area contributed by atoms with E-state index in [4.69, 9.17) is 4.74 Å². The van der Waals surface area contributed by atoms with Crippen molar-refractivity contribution in [3.8, 4) is 5.75 Å². The molecule has 0 aliphatic rings. The quantitative estimate of drug-likeness (QED) is 0.882. The maximum absolute atomic E-state index is 12.1. The van der Waals surface area contributed by atoms with Gasteiger partial charge in [-0.2, -0.15) is 0 Å². The molecule has 2 aromatic carbocycles. The number of amides is 2. The van der Waals surface area contributed by atoms with Crippen molar-refractivity contribution in [1.82, 2.24) is 0 Å². The van der Waals surface area contributed by atoms with Crippen molar-refractivity contribution in [1.29, 1.82) is 0 Å². The minimum absolute atomic E-state index is 0.0758. The lowest BCUT2D eigenvalue weighted by Crippen LogP contribution is -2.20. The van der Waals surface area contributed by atoms with Crippen LogP contribution in [-0.2, 0) is 9.59 Å². The predicted octanol–water partition coefficient (Wildman–Crippen LogP) is 3.59. The van der Waals surface area contributed by atoms with Crippen LogP contribution in [0.5, 0.6) is 5.75 Å². The maximum atomic E-state index is 12.1. The molecule has 2 aromatic rings. The van der Waals surface area contributed by atoms with Crippen LogP contribution < -0.4 is 15.4 Å². The molecule has 0 aromatic heterocycles. The Bertz CT molecular complexity index is 769. The summed E-state index contributed by atoms with van der Waals surface area (Å²) in [7, 11) is 0. The van der Waals surface area contributed by atoms with Crippen LogP contribution in [0.25, 0.3) is 0 Å². The van der Waals surface area contributed by atoms with E-state index >= 15 is 0 Å². The first-order valence-electron chi connectivity index (χ1n) is 7.73. The summed E-state index contributed by atoms with van der Waals surface area (Å²) >= 11 is 0. The van der Waals surface area contributed by atoms with E-state index in [0.29, 0.717) is 17.1 Å². The predicted molar refractivity (Wildman–Crippen MR) is 95.5 cm³/mol. The second-order valence-corrected chi connectivity index (χ2v) is 5.82. The molecule has 0 heterocycles. The average molecular weight is 326 g/mol. The fourth-order valence-corrected chi connectivity index (χ4v) is 2.23. The van der Waals surface area contributed by atoms with E-state index in [2.05, 4.69) is 10.6 Å². The van der Waals surface area contributed by atoms with Gasteiger partial charge in [0.05, 0.1) is 0 Å². The monoisotopic (exact) mass is 326 g/mol. The maximum Gasteiger partial charge on any atom is 0.262 e. The van der Waals surface area contributed by atoms with Crippen molar-refractivity contribution in [2.24, 2.45) is 0 Å². The number of benzene rings is 2. The lowest BCUT2D eigenvalue weighted by atomic mass is 10.1. The Morgan fingerprint density at radius 1 is 0.958 bits per heavy atom. The molecule has 0 saturated carbocycles. The smallest absolute Gasteiger partial charge is 0.262 e. The van der Waals surface area contributed by atoms with Crippen LogP contribution in [0.1, 0.15) is 23.6 Å². The van der Waals surface area contributed by atoms with Crippen LogP contribution in [0.4, 0.5) is 11.4 Å². The van der Waals surface area contributed by atoms with Gasteiger partial charge in [-0.25, -0.2) is 0 Å². The van der Waals surface area contributed by atoms with Crippen molar-refractivity contribution < 1.29 is 14.3 Å². The molecule has 0 aliphatic heterocycles. The standard InChI is InChI=1S/C19H22N2O3/c1-12-5-6-14(3)18(9-12)24-11-19(23)21-16-8-7-13(2)17(10-16)20-15(4)22/h5-10H,11H2,1-4H3,(H,20,22)(H,21,23). The van der Waals surface area contributed by atoms with Gasteiger partial charge in [0.1, 0.15) is 5.75 Å². The molecule has 2 amide bonds. The number of aryl methyl sites for hydroxylation is 3. The molecule has 2 N–H and O–H groups in total. The van der Waals surface area contributed by atoms with Gasteiger partial charge >= 0.3 is 0 Å². The number of carbonyl (C=O) groups is 2. The fraction of sp³-hybridized carbons (Fsp3) is 0.263. The number of anilines is 2. The SMILES string of the molecule is CC(=O)Nc1cc(NC(=O)COc2cc(C)ccc2C)ccc1C. The molecule has 0 radical (unpaired) electrons. The number of rotatable bonds is 5. The van der Waals surface area contributed by atoms with Gasteiger partial charge in [0, 0.05) is 18.3 Å². The molecular weight excluding hydrogens is 304 g/mol. The molecular formula is C19H22N2O3. The molecule has 5 nitrogen and oxygen atoms in total. The topological polar surface area (TPSA) is 67.4 Å². The van der Waals surface area contributed by atoms with Crippen molar-refractivity contribution in [2.75, 3.05) is 17.2 Å². The van der Waals surface area contributed by atoms with Crippen LogP contribution in [-0.4, -0.2) is 18.4 Å². The van der Waals surface area contributed by atoms with E-state index in [1.165, 1.54) is 6.92 Å². The molecule has 0 aliphatic carbocycles. The Hall–Kier alpha value is -2.82. The summed E-state index contributed by atoms with van der Waals surface area (Å²) in [4.78, 5) is 23.3. The van der Waals surface area contributed by atoms with Crippen LogP contribution in [0, 0.1) is 20.8 Å². The number of ether oxygens (including phenoxy) is 1. The normalized spacial score (nSPS) is 10.2. The van der Waals surface area contributed by atoms with Crippen molar-refractivity contribution in [2.45, 2.75) is 27.7 Å². The van der Waals surface area contributed by atoms with Crippen LogP contribution in [0.15, 0.2) is 36.4 Å². The molecule has 5 heteroatoms. The number of hydrogen-bond donors (Lipinski definition) is 2. The van der Waals surface area contributed by atoms with Gasteiger partial charge < -0.3 is 15.4 Å². The van der Waals surface area contributed by atoms with Crippen LogP contribution in [0.2, 0.25) is 0 Å². The van der Waals surface area contributed by atoms with E-state index in [1.54, 1.807) is 12.1 Å². The minimum Gasteiger partial charge on any atom is -0.483 e. The summed E-state index contributed by atoms with van der Waals surface area (Å²) in [6.45, 7) is 7.17. The van der Waals surface area contributed by atoms with E-state index in [0.717, 1.165) is 16.7 Å². The second kappa shape index (κ2) is 7.64.